The van der Waals surface area contributed by atoms with E-state index in [0.717, 1.165) is 26.1 Å². The minimum absolute atomic E-state index is 0.971. The van der Waals surface area contributed by atoms with E-state index in [1.54, 1.807) is 0 Å². The van der Waals surface area contributed by atoms with E-state index in [0.29, 0.717) is 0 Å². The van der Waals surface area contributed by atoms with Crippen molar-refractivity contribution in [2.24, 2.45) is 0 Å². The number of likely N-dealkylation sites (N-methyl/N-ethyl adjacent to an activating group) is 1. The molecule has 1 aromatic heterocycles. The van der Waals surface area contributed by atoms with Gasteiger partial charge in [0.05, 0.1) is 0 Å². The summed E-state index contributed by atoms with van der Waals surface area (Å²) in [5.41, 5.74) is 4.08. The molecular weight excluding hydrogens is 276 g/mol. The van der Waals surface area contributed by atoms with Crippen molar-refractivity contribution in [2.45, 2.75) is 33.2 Å². The van der Waals surface area contributed by atoms with Crippen LogP contribution >= 0.6 is 11.3 Å². The molecule has 2 aromatic rings. The van der Waals surface area contributed by atoms with Crippen LogP contribution in [-0.2, 0) is 13.0 Å². The summed E-state index contributed by atoms with van der Waals surface area (Å²) in [6.45, 7) is 7.53. The monoisotopic (exact) mass is 302 g/mol. The Kier molecular flexibility index (Phi) is 6.27. The zero-order chi connectivity index (χ0) is 15.1. The molecule has 21 heavy (non-hydrogen) atoms. The smallest absolute Gasteiger partial charge is 0.0366 e. The number of benzene rings is 1. The minimum Gasteiger partial charge on any atom is -0.374 e. The second-order valence-electron chi connectivity index (χ2n) is 5.54. The molecule has 0 saturated carbocycles. The first-order valence-corrected chi connectivity index (χ1v) is 8.62. The van der Waals surface area contributed by atoms with Crippen molar-refractivity contribution in [2.75, 3.05) is 25.0 Å². The molecule has 0 bridgehead atoms. The highest BCUT2D eigenvalue weighted by atomic mass is 32.1. The molecule has 0 aliphatic heterocycles. The summed E-state index contributed by atoms with van der Waals surface area (Å²) in [6.07, 6.45) is 2.30. The lowest BCUT2D eigenvalue weighted by Gasteiger charge is -2.20. The van der Waals surface area contributed by atoms with Gasteiger partial charge in [-0.15, -0.1) is 11.3 Å². The molecule has 0 amide bonds. The zero-order valence-corrected chi connectivity index (χ0v) is 14.2. The highest BCUT2D eigenvalue weighted by molar-refractivity contribution is 7.09. The molecule has 0 aliphatic carbocycles. The Balaban J connectivity index is 1.91. The highest BCUT2D eigenvalue weighted by Crippen LogP contribution is 2.19. The normalized spacial score (nSPS) is 10.8. The molecule has 0 radical (unpaired) electrons. The summed E-state index contributed by atoms with van der Waals surface area (Å²) >= 11 is 1.84. The maximum atomic E-state index is 3.47. The van der Waals surface area contributed by atoms with Crippen LogP contribution in [0.3, 0.4) is 0 Å². The molecule has 2 nitrogen and oxygen atoms in total. The van der Waals surface area contributed by atoms with Crippen molar-refractivity contribution < 1.29 is 0 Å². The molecule has 0 saturated heterocycles. The molecule has 1 heterocycles. The van der Waals surface area contributed by atoms with Crippen LogP contribution in [0.1, 0.15) is 29.3 Å². The van der Waals surface area contributed by atoms with Crippen LogP contribution < -0.4 is 10.2 Å². The molecule has 0 fully saturated rings. The molecular formula is C18H26N2S. The van der Waals surface area contributed by atoms with Crippen molar-refractivity contribution in [3.05, 3.63) is 51.7 Å². The molecule has 1 aromatic carbocycles. The lowest BCUT2D eigenvalue weighted by atomic mass is 10.1. The Morgan fingerprint density at radius 1 is 1.24 bits per heavy atom. The van der Waals surface area contributed by atoms with Gasteiger partial charge in [0.2, 0.25) is 0 Å². The van der Waals surface area contributed by atoms with E-state index < -0.39 is 0 Å². The number of thiophene rings is 1. The summed E-state index contributed by atoms with van der Waals surface area (Å²) in [4.78, 5) is 3.80. The van der Waals surface area contributed by atoms with Crippen molar-refractivity contribution >= 4 is 17.0 Å². The summed E-state index contributed by atoms with van der Waals surface area (Å²) in [5.74, 6) is 0. The minimum atomic E-state index is 0.971. The van der Waals surface area contributed by atoms with Crippen LogP contribution in [0, 0.1) is 6.92 Å². The Labute approximate surface area is 132 Å². The lowest BCUT2D eigenvalue weighted by molar-refractivity contribution is 0.673. The number of hydrogen-bond acceptors (Lipinski definition) is 3. The van der Waals surface area contributed by atoms with E-state index in [-0.39, 0.29) is 0 Å². The van der Waals surface area contributed by atoms with Gasteiger partial charge in [-0.1, -0.05) is 19.1 Å². The van der Waals surface area contributed by atoms with Gasteiger partial charge in [-0.2, -0.15) is 0 Å². The lowest BCUT2D eigenvalue weighted by Crippen LogP contribution is -2.20. The predicted molar refractivity (Wildman–Crippen MR) is 94.5 cm³/mol. The van der Waals surface area contributed by atoms with Gasteiger partial charge in [0.25, 0.3) is 0 Å². The van der Waals surface area contributed by atoms with Gasteiger partial charge in [-0.3, -0.25) is 0 Å². The van der Waals surface area contributed by atoms with E-state index >= 15 is 0 Å². The van der Waals surface area contributed by atoms with Gasteiger partial charge in [-0.25, -0.2) is 0 Å². The number of rotatable bonds is 8. The SMILES string of the molecule is CCCNCc1ccc(N(C)CCc2cccs2)cc1C. The number of anilines is 1. The largest absolute Gasteiger partial charge is 0.374 e. The fraction of sp³-hybridized carbons (Fsp3) is 0.444. The molecule has 0 atom stereocenters. The molecule has 0 unspecified atom stereocenters. The van der Waals surface area contributed by atoms with E-state index in [2.05, 4.69) is 66.8 Å². The third-order valence-corrected chi connectivity index (χ3v) is 4.72. The quantitative estimate of drug-likeness (QED) is 0.734. The van der Waals surface area contributed by atoms with E-state index in [4.69, 9.17) is 0 Å². The van der Waals surface area contributed by atoms with E-state index in [1.165, 1.54) is 28.1 Å². The summed E-state index contributed by atoms with van der Waals surface area (Å²) < 4.78 is 0. The third kappa shape index (κ3) is 4.87. The van der Waals surface area contributed by atoms with Crippen molar-refractivity contribution in [1.29, 1.82) is 0 Å². The fourth-order valence-electron chi connectivity index (χ4n) is 2.38. The van der Waals surface area contributed by atoms with Crippen LogP contribution in [0.4, 0.5) is 5.69 Å². The Morgan fingerprint density at radius 2 is 2.10 bits per heavy atom. The highest BCUT2D eigenvalue weighted by Gasteiger charge is 2.05. The molecule has 2 rings (SSSR count). The Morgan fingerprint density at radius 3 is 2.76 bits per heavy atom. The van der Waals surface area contributed by atoms with Gasteiger partial charge in [0.15, 0.2) is 0 Å². The van der Waals surface area contributed by atoms with E-state index in [9.17, 15) is 0 Å². The van der Waals surface area contributed by atoms with Gasteiger partial charge in [0, 0.05) is 30.7 Å². The van der Waals surface area contributed by atoms with Crippen LogP contribution in [0.2, 0.25) is 0 Å². The Bertz CT molecular complexity index is 534. The predicted octanol–water partition coefficient (Wildman–Crippen LogP) is 4.24. The average molecular weight is 302 g/mol. The maximum absolute atomic E-state index is 3.47. The average Bonchev–Trinajstić information content (AvgIpc) is 3.00. The van der Waals surface area contributed by atoms with Gasteiger partial charge < -0.3 is 10.2 Å². The molecule has 114 valence electrons. The molecule has 0 aliphatic rings. The third-order valence-electron chi connectivity index (χ3n) is 3.78. The van der Waals surface area contributed by atoms with Crippen LogP contribution in [0.5, 0.6) is 0 Å². The van der Waals surface area contributed by atoms with Gasteiger partial charge in [0.1, 0.15) is 0 Å². The molecule has 0 spiro atoms. The molecule has 1 N–H and O–H groups in total. The first-order chi connectivity index (χ1) is 10.2. The summed E-state index contributed by atoms with van der Waals surface area (Å²) in [6, 6.07) is 11.1. The number of aryl methyl sites for hydroxylation is 1. The van der Waals surface area contributed by atoms with Gasteiger partial charge >= 0.3 is 0 Å². The van der Waals surface area contributed by atoms with Crippen molar-refractivity contribution in [1.82, 2.24) is 5.32 Å². The van der Waals surface area contributed by atoms with Crippen LogP contribution in [0.15, 0.2) is 35.7 Å². The summed E-state index contributed by atoms with van der Waals surface area (Å²) in [5, 5.41) is 5.62. The number of nitrogens with one attached hydrogen (secondary N) is 1. The fourth-order valence-corrected chi connectivity index (χ4v) is 3.08. The van der Waals surface area contributed by atoms with Crippen molar-refractivity contribution in [3.63, 3.8) is 0 Å². The topological polar surface area (TPSA) is 15.3 Å². The first-order valence-electron chi connectivity index (χ1n) is 7.74. The second-order valence-corrected chi connectivity index (χ2v) is 6.57. The second kappa shape index (κ2) is 8.20. The number of hydrogen-bond donors (Lipinski definition) is 1. The standard InChI is InChI=1S/C18H26N2S/c1-4-10-19-14-16-7-8-17(13-15(16)2)20(3)11-9-18-6-5-12-21-18/h5-8,12-13,19H,4,9-11,14H2,1-3H3. The van der Waals surface area contributed by atoms with Crippen molar-refractivity contribution in [3.8, 4) is 0 Å². The zero-order valence-electron chi connectivity index (χ0n) is 13.4. The maximum Gasteiger partial charge on any atom is 0.0366 e. The Hall–Kier alpha value is -1.32. The van der Waals surface area contributed by atoms with Gasteiger partial charge in [-0.05, 0) is 61.0 Å². The number of nitrogens with zero attached hydrogens (tertiary/aromatic N) is 1. The van der Waals surface area contributed by atoms with Crippen LogP contribution in [-0.4, -0.2) is 20.1 Å². The molecule has 3 heteroatoms. The van der Waals surface area contributed by atoms with Crippen LogP contribution in [0.25, 0.3) is 0 Å². The summed E-state index contributed by atoms with van der Waals surface area (Å²) in [7, 11) is 2.18. The van der Waals surface area contributed by atoms with E-state index in [1.807, 2.05) is 11.3 Å². The first kappa shape index (κ1) is 16.1.